The molecule has 2 aliphatic rings. The molecule has 0 radical (unpaired) electrons. The van der Waals surface area contributed by atoms with Crippen LogP contribution in [0.2, 0.25) is 10.1 Å². The Morgan fingerprint density at radius 2 is 1.43 bits per heavy atom. The predicted molar refractivity (Wildman–Crippen MR) is 353 cm³/mol. The molecule has 0 unspecified atom stereocenters. The van der Waals surface area contributed by atoms with Gasteiger partial charge in [-0.2, -0.15) is 0 Å². The number of hydrogen-bond acceptors (Lipinski definition) is 17. The van der Waals surface area contributed by atoms with Crippen LogP contribution in [0.4, 0.5) is 0 Å². The van der Waals surface area contributed by atoms with Crippen molar-refractivity contribution in [1.82, 2.24) is 26.6 Å². The molecule has 0 bridgehead atoms. The molecule has 5 amide bonds. The molecule has 0 saturated carbocycles. The maximum Gasteiger partial charge on any atom is 0.347 e. The summed E-state index contributed by atoms with van der Waals surface area (Å²) >= 11 is 6.40. The molecule has 4 aromatic carbocycles. The molecule has 4 aromatic rings. The molecule has 1 saturated heterocycles. The van der Waals surface area contributed by atoms with Crippen molar-refractivity contribution < 1.29 is 77.4 Å². The highest BCUT2D eigenvalue weighted by Gasteiger charge is 2.51. The number of ether oxygens (including phenoxy) is 4. The highest BCUT2D eigenvalue weighted by atomic mass is 35.5. The van der Waals surface area contributed by atoms with Gasteiger partial charge in [0.25, 0.3) is 8.32 Å². The first kappa shape index (κ1) is 75.0. The van der Waals surface area contributed by atoms with E-state index in [2.05, 4.69) is 26.6 Å². The normalized spacial score (nSPS) is 21.7. The summed E-state index contributed by atoms with van der Waals surface area (Å²) in [6.07, 6.45) is -7.65. The molecule has 24 heteroatoms. The standard InChI is InChI=1S/C69H95ClN6O16Si/c1-40(2)33-55-66(86)90-53(23-18-24-57(80)75-50(35-44-27-31-54(88-11)48(70)34-44)64(84)74-39-69(9,10)67(87)91-55)42(5)61-62(92-61)45-28-25-43(26-29-45)36-73-63(83)49(76-65(85)58(71)41(3)4)30-32-56(79)72-37-51(77)59(81)60(82)52(78)38-89-93(68(6,7)8,46-19-14-12-15-20-46)47-21-16-13-17-22-47/h12-22,24-29,31,34,40-42,49-53,55,58-62,77-78,81-82H,23,30,32-33,35-39,71H2,1-11H3,(H,72,79)(H,73,83)(H,74,84)(H,75,80)(H,76,85)/b24-18-/t42-,49-,50+,51-,52+,53-,55-,58-,59+,60+,61+,62+/m0/s1. The lowest BCUT2D eigenvalue weighted by Gasteiger charge is -2.43. The van der Waals surface area contributed by atoms with Crippen LogP contribution in [0.1, 0.15) is 118 Å². The zero-order valence-corrected chi connectivity index (χ0v) is 56.8. The Hall–Kier alpha value is -7.06. The van der Waals surface area contributed by atoms with E-state index in [-0.39, 0.29) is 63.6 Å². The Balaban J connectivity index is 1.07. The number of esters is 2. The maximum absolute atomic E-state index is 14.1. The number of aliphatic hydroxyl groups excluding tert-OH is 4. The summed E-state index contributed by atoms with van der Waals surface area (Å²) in [6.45, 7) is 17.3. The highest BCUT2D eigenvalue weighted by Crippen LogP contribution is 2.45. The van der Waals surface area contributed by atoms with Gasteiger partial charge in [-0.05, 0) is 88.8 Å². The molecule has 0 aromatic heterocycles. The lowest BCUT2D eigenvalue weighted by molar-refractivity contribution is -0.179. The fourth-order valence-electron chi connectivity index (χ4n) is 11.0. The van der Waals surface area contributed by atoms with Crippen molar-refractivity contribution in [1.29, 1.82) is 0 Å². The number of carbonyl (C=O) groups excluding carboxylic acids is 7. The van der Waals surface area contributed by atoms with Crippen molar-refractivity contribution in [3.63, 3.8) is 0 Å². The van der Waals surface area contributed by atoms with Crippen LogP contribution >= 0.6 is 11.6 Å². The van der Waals surface area contributed by atoms with E-state index < -0.39 is 140 Å². The number of carbonyl (C=O) groups is 7. The number of rotatable bonds is 27. The first-order valence-corrected chi connectivity index (χ1v) is 34.0. The third kappa shape index (κ3) is 20.7. The smallest absolute Gasteiger partial charge is 0.347 e. The summed E-state index contributed by atoms with van der Waals surface area (Å²) in [5.74, 6) is -4.95. The fraction of sp³-hybridized carbons (Fsp3) is 0.522. The van der Waals surface area contributed by atoms with Crippen LogP contribution in [-0.4, -0.2) is 158 Å². The molecule has 2 aliphatic heterocycles. The van der Waals surface area contributed by atoms with Gasteiger partial charge in [0.05, 0.1) is 42.4 Å². The van der Waals surface area contributed by atoms with Gasteiger partial charge in [-0.1, -0.05) is 164 Å². The third-order valence-electron chi connectivity index (χ3n) is 16.9. The molecule has 22 nitrogen and oxygen atoms in total. The number of nitrogens with one attached hydrogen (secondary N) is 5. The van der Waals surface area contributed by atoms with Crippen LogP contribution in [-0.2, 0) is 65.2 Å². The van der Waals surface area contributed by atoms with E-state index in [1.54, 1.807) is 64.1 Å². The number of epoxide rings is 1. The number of cyclic esters (lactones) is 2. The largest absolute Gasteiger partial charge is 0.495 e. The first-order valence-electron chi connectivity index (χ1n) is 31.7. The van der Waals surface area contributed by atoms with Crippen molar-refractivity contribution in [2.45, 2.75) is 180 Å². The first-order chi connectivity index (χ1) is 43.9. The molecule has 1 fully saturated rings. The lowest BCUT2D eigenvalue weighted by Crippen LogP contribution is -2.67. The van der Waals surface area contributed by atoms with Gasteiger partial charge in [0.15, 0.2) is 6.10 Å². The average Bonchev–Trinajstić information content (AvgIpc) is 1.11. The minimum Gasteiger partial charge on any atom is -0.495 e. The minimum atomic E-state index is -3.14. The van der Waals surface area contributed by atoms with E-state index in [1.165, 1.54) is 13.2 Å². The Kier molecular flexibility index (Phi) is 27.3. The fourth-order valence-corrected chi connectivity index (χ4v) is 15.9. The molecule has 93 heavy (non-hydrogen) atoms. The third-order valence-corrected chi connectivity index (χ3v) is 22.2. The summed E-state index contributed by atoms with van der Waals surface area (Å²) in [4.78, 5) is 95.4. The molecule has 2 heterocycles. The molecule has 6 rings (SSSR count). The highest BCUT2D eigenvalue weighted by molar-refractivity contribution is 6.99. The van der Waals surface area contributed by atoms with E-state index in [9.17, 15) is 54.0 Å². The van der Waals surface area contributed by atoms with Gasteiger partial charge < -0.3 is 76.1 Å². The van der Waals surface area contributed by atoms with Crippen molar-refractivity contribution in [3.05, 3.63) is 137 Å². The van der Waals surface area contributed by atoms with Crippen LogP contribution in [0.15, 0.2) is 115 Å². The van der Waals surface area contributed by atoms with Crippen LogP contribution in [0.3, 0.4) is 0 Å². The number of halogens is 1. The van der Waals surface area contributed by atoms with Crippen molar-refractivity contribution in [2.75, 3.05) is 26.8 Å². The van der Waals surface area contributed by atoms with Crippen LogP contribution in [0.5, 0.6) is 5.75 Å². The van der Waals surface area contributed by atoms with E-state index >= 15 is 0 Å². The second-order valence-electron chi connectivity index (χ2n) is 26.6. The zero-order chi connectivity index (χ0) is 68.5. The van der Waals surface area contributed by atoms with Crippen LogP contribution < -0.4 is 47.4 Å². The number of aliphatic hydroxyl groups is 4. The topological polar surface area (TPSA) is 336 Å². The second-order valence-corrected chi connectivity index (χ2v) is 31.3. The van der Waals surface area contributed by atoms with E-state index in [4.69, 9.17) is 40.7 Å². The van der Waals surface area contributed by atoms with E-state index in [0.717, 1.165) is 15.9 Å². The van der Waals surface area contributed by atoms with Gasteiger partial charge in [-0.15, -0.1) is 0 Å². The number of benzene rings is 4. The number of amides is 5. The summed E-state index contributed by atoms with van der Waals surface area (Å²) < 4.78 is 30.2. The molecule has 0 spiro atoms. The number of hydrogen-bond donors (Lipinski definition) is 10. The Morgan fingerprint density at radius 1 is 0.817 bits per heavy atom. The van der Waals surface area contributed by atoms with Crippen molar-refractivity contribution in [2.24, 2.45) is 28.9 Å². The number of methoxy groups -OCH3 is 1. The monoisotopic (exact) mass is 1330 g/mol. The average molecular weight is 1330 g/mol. The zero-order valence-electron chi connectivity index (χ0n) is 55.1. The Bertz CT molecular complexity index is 3150. The van der Waals surface area contributed by atoms with Crippen molar-refractivity contribution in [3.8, 4) is 5.75 Å². The van der Waals surface area contributed by atoms with Crippen molar-refractivity contribution >= 4 is 71.8 Å². The van der Waals surface area contributed by atoms with Gasteiger partial charge in [-0.25, -0.2) is 4.79 Å². The molecule has 12 atom stereocenters. The SMILES string of the molecule is COc1ccc(C[C@H]2NC(=O)/C=C\C[C@@H]([C@H](C)[C@H]3O[C@@H]3c3ccc(CNC(=O)[C@H](CCC(=O)NC[C@H](O)[C@@H](O)[C@H](O)[C@H](O)CO[Si](c4ccccc4)(c4ccccc4)C(C)(C)C)NC(=O)[C@@H](N)C(C)C)cc3)OC(=O)[C@H](CC(C)C)OC(=O)C(C)(C)CNC2=O)cc1Cl. The summed E-state index contributed by atoms with van der Waals surface area (Å²) in [7, 11) is -1.66. The van der Waals surface area contributed by atoms with E-state index in [1.807, 2.05) is 114 Å². The van der Waals surface area contributed by atoms with Gasteiger partial charge in [0, 0.05) is 44.8 Å². The molecule has 508 valence electrons. The van der Waals surface area contributed by atoms with Gasteiger partial charge >= 0.3 is 11.9 Å². The summed E-state index contributed by atoms with van der Waals surface area (Å²) in [5, 5.41) is 59.5. The molecular formula is C69H95ClN6O16Si. The predicted octanol–water partition coefficient (Wildman–Crippen LogP) is 4.13. The number of nitrogens with two attached hydrogens (primary N) is 1. The minimum absolute atomic E-state index is 0.0128. The quantitative estimate of drug-likeness (QED) is 0.0228. The van der Waals surface area contributed by atoms with Gasteiger partial charge in [-0.3, -0.25) is 28.8 Å². The summed E-state index contributed by atoms with van der Waals surface area (Å²) in [5.41, 5.74) is 6.92. The second kappa shape index (κ2) is 33.9. The maximum atomic E-state index is 14.1. The molecule has 0 aliphatic carbocycles. The Labute approximate surface area is 551 Å². The van der Waals surface area contributed by atoms with Gasteiger partial charge in [0.1, 0.15) is 48.4 Å². The Morgan fingerprint density at radius 3 is 2.01 bits per heavy atom. The summed E-state index contributed by atoms with van der Waals surface area (Å²) in [6, 6.07) is 28.3. The molecular weight excluding hydrogens is 1230 g/mol. The van der Waals surface area contributed by atoms with E-state index in [0.29, 0.717) is 21.9 Å². The van der Waals surface area contributed by atoms with Gasteiger partial charge in [0.2, 0.25) is 29.5 Å². The van der Waals surface area contributed by atoms with Crippen LogP contribution in [0.25, 0.3) is 0 Å². The molecule has 11 N–H and O–H groups in total. The lowest BCUT2D eigenvalue weighted by atomic mass is 9.92. The van der Waals surface area contributed by atoms with Crippen LogP contribution in [0, 0.1) is 23.2 Å².